The van der Waals surface area contributed by atoms with E-state index in [1.807, 2.05) is 21.1 Å². The topological polar surface area (TPSA) is 102 Å². The van der Waals surface area contributed by atoms with Crippen molar-refractivity contribution in [1.29, 1.82) is 0 Å². The third-order valence-electron chi connectivity index (χ3n) is 5.62. The zero-order valence-electron chi connectivity index (χ0n) is 22.3. The van der Waals surface area contributed by atoms with Crippen molar-refractivity contribution >= 4 is 13.8 Å². The molecule has 8 nitrogen and oxygen atoms in total. The predicted octanol–water partition coefficient (Wildman–Crippen LogP) is 5.60. The number of quaternary nitrogens is 1. The Morgan fingerprint density at radius 1 is 0.794 bits per heavy atom. The summed E-state index contributed by atoms with van der Waals surface area (Å²) in [5.74, 6) is -0.371. The van der Waals surface area contributed by atoms with E-state index < -0.39 is 20.5 Å². The van der Waals surface area contributed by atoms with Gasteiger partial charge < -0.3 is 19.2 Å². The number of hydrogen-bond donors (Lipinski definition) is 2. The van der Waals surface area contributed by atoms with Gasteiger partial charge in [0, 0.05) is 6.42 Å². The molecule has 0 fully saturated rings. The molecule has 0 rings (SSSR count). The fraction of sp³-hybridized carbons (Fsp3) is 0.960. The summed E-state index contributed by atoms with van der Waals surface area (Å²) in [6.45, 7) is 2.14. The Balaban J connectivity index is 3.55. The molecule has 0 radical (unpaired) electrons. The number of carbonyl (C=O) groups is 1. The number of rotatable bonds is 24. The number of esters is 1. The Labute approximate surface area is 208 Å². The van der Waals surface area contributed by atoms with E-state index in [1.54, 1.807) is 0 Å². The molecule has 2 N–H and O–H groups in total. The molecule has 0 spiro atoms. The lowest BCUT2D eigenvalue weighted by Crippen LogP contribution is -2.37. The Morgan fingerprint density at radius 2 is 1.26 bits per heavy atom. The quantitative estimate of drug-likeness (QED) is 0.0754. The standard InChI is InChI=1S/C25H52NO7P/c1-5-6-7-8-9-10-11-12-13-14-15-16-17-18-19-25(28)31-22-24(27)23-33-34(29,30)32-21-20-26(2,3)4/h24,27H,5-23H2,1-4H3/p+1/t24-/m1/s1. The molecule has 9 heteroatoms. The van der Waals surface area contributed by atoms with Crippen molar-refractivity contribution in [3.8, 4) is 0 Å². The Bertz CT molecular complexity index is 540. The van der Waals surface area contributed by atoms with Crippen LogP contribution in [0.2, 0.25) is 0 Å². The highest BCUT2D eigenvalue weighted by molar-refractivity contribution is 7.47. The first-order chi connectivity index (χ1) is 16.1. The van der Waals surface area contributed by atoms with E-state index in [1.165, 1.54) is 70.6 Å². The number of ether oxygens (including phenoxy) is 1. The Morgan fingerprint density at radius 3 is 1.74 bits per heavy atom. The maximum atomic E-state index is 11.8. The van der Waals surface area contributed by atoms with E-state index in [0.29, 0.717) is 17.4 Å². The number of hydrogen-bond acceptors (Lipinski definition) is 6. The van der Waals surface area contributed by atoms with Crippen LogP contribution in [0.3, 0.4) is 0 Å². The molecule has 0 aliphatic heterocycles. The smallest absolute Gasteiger partial charge is 0.463 e. The third kappa shape index (κ3) is 24.6. The van der Waals surface area contributed by atoms with Crippen LogP contribution in [0, 0.1) is 0 Å². The molecular weight excluding hydrogens is 457 g/mol. The van der Waals surface area contributed by atoms with Gasteiger partial charge in [-0.3, -0.25) is 13.8 Å². The average Bonchev–Trinajstić information content (AvgIpc) is 2.75. The lowest BCUT2D eigenvalue weighted by atomic mass is 10.0. The molecule has 1 unspecified atom stereocenters. The number of nitrogens with zero attached hydrogens (tertiary/aromatic N) is 1. The lowest BCUT2D eigenvalue weighted by Gasteiger charge is -2.24. The molecular formula is C25H53NO7P+. The number of phosphoric ester groups is 1. The van der Waals surface area contributed by atoms with Crippen molar-refractivity contribution in [2.45, 2.75) is 109 Å². The average molecular weight is 511 g/mol. The second-order valence-corrected chi connectivity index (χ2v) is 11.7. The largest absolute Gasteiger partial charge is 0.472 e. The van der Waals surface area contributed by atoms with Gasteiger partial charge in [0.2, 0.25) is 0 Å². The van der Waals surface area contributed by atoms with E-state index in [4.69, 9.17) is 13.8 Å². The molecule has 0 heterocycles. The van der Waals surface area contributed by atoms with Gasteiger partial charge in [0.15, 0.2) is 0 Å². The summed E-state index contributed by atoms with van der Waals surface area (Å²) >= 11 is 0. The summed E-state index contributed by atoms with van der Waals surface area (Å²) in [4.78, 5) is 21.4. The van der Waals surface area contributed by atoms with Crippen LogP contribution >= 0.6 is 7.82 Å². The fourth-order valence-corrected chi connectivity index (χ4v) is 4.17. The zero-order chi connectivity index (χ0) is 25.7. The molecule has 0 aromatic carbocycles. The van der Waals surface area contributed by atoms with Crippen molar-refractivity contribution in [2.24, 2.45) is 0 Å². The summed E-state index contributed by atoms with van der Waals surface area (Å²) in [6.07, 6.45) is 16.7. The summed E-state index contributed by atoms with van der Waals surface area (Å²) in [6, 6.07) is 0. The molecule has 0 saturated carbocycles. The first-order valence-electron chi connectivity index (χ1n) is 13.3. The van der Waals surface area contributed by atoms with Gasteiger partial charge in [-0.15, -0.1) is 0 Å². The minimum absolute atomic E-state index is 0.0571. The Kier molecular flexibility index (Phi) is 20.4. The van der Waals surface area contributed by atoms with Gasteiger partial charge in [0.1, 0.15) is 25.9 Å². The monoisotopic (exact) mass is 510 g/mol. The number of aliphatic hydroxyl groups is 1. The summed E-state index contributed by atoms with van der Waals surface area (Å²) in [5.41, 5.74) is 0. The fourth-order valence-electron chi connectivity index (χ4n) is 3.42. The van der Waals surface area contributed by atoms with Gasteiger partial charge in [0.05, 0.1) is 27.7 Å². The van der Waals surface area contributed by atoms with E-state index in [2.05, 4.69) is 6.92 Å². The second kappa shape index (κ2) is 20.7. The van der Waals surface area contributed by atoms with Crippen molar-refractivity contribution in [3.63, 3.8) is 0 Å². The molecule has 0 aromatic rings. The van der Waals surface area contributed by atoms with Crippen molar-refractivity contribution in [2.75, 3.05) is 47.5 Å². The third-order valence-corrected chi connectivity index (χ3v) is 6.60. The highest BCUT2D eigenvalue weighted by atomic mass is 31.2. The van der Waals surface area contributed by atoms with Crippen LogP contribution < -0.4 is 0 Å². The summed E-state index contributed by atoms with van der Waals surface area (Å²) in [7, 11) is 1.57. The van der Waals surface area contributed by atoms with E-state index in [9.17, 15) is 19.4 Å². The number of unbranched alkanes of at least 4 members (excludes halogenated alkanes) is 13. The van der Waals surface area contributed by atoms with Crippen molar-refractivity contribution < 1.29 is 37.6 Å². The van der Waals surface area contributed by atoms with Crippen molar-refractivity contribution in [3.05, 3.63) is 0 Å². The van der Waals surface area contributed by atoms with Gasteiger partial charge in [-0.05, 0) is 6.42 Å². The molecule has 0 aliphatic rings. The van der Waals surface area contributed by atoms with Gasteiger partial charge in [-0.1, -0.05) is 90.4 Å². The minimum atomic E-state index is -4.24. The molecule has 0 bridgehead atoms. The Hall–Kier alpha value is -0.500. The first kappa shape index (κ1) is 33.5. The normalized spacial score (nSPS) is 14.6. The van der Waals surface area contributed by atoms with Crippen LogP contribution in [-0.4, -0.2) is 74.1 Å². The number of phosphoric acid groups is 1. The molecule has 34 heavy (non-hydrogen) atoms. The number of likely N-dealkylation sites (N-methyl/N-ethyl adjacent to an activating group) is 1. The van der Waals surface area contributed by atoms with Gasteiger partial charge in [-0.2, -0.15) is 0 Å². The highest BCUT2D eigenvalue weighted by Crippen LogP contribution is 2.43. The van der Waals surface area contributed by atoms with Gasteiger partial charge >= 0.3 is 13.8 Å². The second-order valence-electron chi connectivity index (χ2n) is 10.3. The maximum Gasteiger partial charge on any atom is 0.472 e. The SMILES string of the molecule is CCCCCCCCCCCCCCCCC(=O)OC[C@@H](O)COP(=O)(O)OCC[N+](C)(C)C. The van der Waals surface area contributed by atoms with Gasteiger partial charge in [0.25, 0.3) is 0 Å². The summed E-state index contributed by atoms with van der Waals surface area (Å²) in [5, 5.41) is 9.82. The minimum Gasteiger partial charge on any atom is -0.463 e. The van der Waals surface area contributed by atoms with Crippen LogP contribution in [-0.2, 0) is 23.1 Å². The molecule has 2 atom stereocenters. The van der Waals surface area contributed by atoms with Crippen LogP contribution in [0.5, 0.6) is 0 Å². The molecule has 0 saturated heterocycles. The van der Waals surface area contributed by atoms with E-state index >= 15 is 0 Å². The maximum absolute atomic E-state index is 11.8. The highest BCUT2D eigenvalue weighted by Gasteiger charge is 2.24. The van der Waals surface area contributed by atoms with Crippen molar-refractivity contribution in [1.82, 2.24) is 0 Å². The van der Waals surface area contributed by atoms with E-state index in [-0.39, 0.29) is 19.2 Å². The molecule has 0 aliphatic carbocycles. The zero-order valence-corrected chi connectivity index (χ0v) is 23.2. The number of carbonyl (C=O) groups excluding carboxylic acids is 1. The lowest BCUT2D eigenvalue weighted by molar-refractivity contribution is -0.870. The molecule has 0 aromatic heterocycles. The first-order valence-corrected chi connectivity index (χ1v) is 14.8. The molecule has 204 valence electrons. The van der Waals surface area contributed by atoms with Crippen LogP contribution in [0.1, 0.15) is 103 Å². The van der Waals surface area contributed by atoms with Crippen LogP contribution in [0.15, 0.2) is 0 Å². The van der Waals surface area contributed by atoms with Crippen LogP contribution in [0.4, 0.5) is 0 Å². The predicted molar refractivity (Wildman–Crippen MR) is 137 cm³/mol. The summed E-state index contributed by atoms with van der Waals surface area (Å²) < 4.78 is 27.0. The van der Waals surface area contributed by atoms with Gasteiger partial charge in [-0.25, -0.2) is 4.57 Å². The van der Waals surface area contributed by atoms with E-state index in [0.717, 1.165) is 19.3 Å². The van der Waals surface area contributed by atoms with Crippen LogP contribution in [0.25, 0.3) is 0 Å². The number of aliphatic hydroxyl groups excluding tert-OH is 1. The molecule has 0 amide bonds.